The molecule has 1 aliphatic carbocycles. The molecule has 1 fully saturated rings. The lowest BCUT2D eigenvalue weighted by Crippen LogP contribution is -2.36. The van der Waals surface area contributed by atoms with E-state index in [-0.39, 0.29) is 24.7 Å². The molecule has 7 heteroatoms. The van der Waals surface area contributed by atoms with Gasteiger partial charge in [0.25, 0.3) is 0 Å². The number of nitrogens with two attached hydrogens (primary N) is 1. The molecule has 0 radical (unpaired) electrons. The highest BCUT2D eigenvalue weighted by molar-refractivity contribution is 5.93. The molecule has 3 heterocycles. The Labute approximate surface area is 173 Å². The van der Waals surface area contributed by atoms with Crippen LogP contribution in [0.25, 0.3) is 28.1 Å². The molecule has 4 N–H and O–H groups in total. The number of para-hydroxylation sites is 1. The molecular formula is C23H23N5O2. The topological polar surface area (TPSA) is 110 Å². The molecule has 0 amide bonds. The number of hydrogen-bond donors (Lipinski definition) is 3. The predicted molar refractivity (Wildman–Crippen MR) is 114 cm³/mol. The first-order chi connectivity index (χ1) is 14.6. The quantitative estimate of drug-likeness (QED) is 0.474. The minimum absolute atomic E-state index is 0.128. The van der Waals surface area contributed by atoms with Gasteiger partial charge >= 0.3 is 0 Å². The van der Waals surface area contributed by atoms with E-state index in [4.69, 9.17) is 15.8 Å². The fourth-order valence-electron chi connectivity index (χ4n) is 4.04. The van der Waals surface area contributed by atoms with Crippen molar-refractivity contribution < 1.29 is 10.2 Å². The summed E-state index contributed by atoms with van der Waals surface area (Å²) < 4.78 is 1.78. The third kappa shape index (κ3) is 3.27. The Kier molecular flexibility index (Phi) is 4.78. The van der Waals surface area contributed by atoms with Crippen molar-refractivity contribution in [3.05, 3.63) is 72.1 Å². The van der Waals surface area contributed by atoms with Gasteiger partial charge in [-0.3, -0.25) is 0 Å². The highest BCUT2D eigenvalue weighted by atomic mass is 16.3. The van der Waals surface area contributed by atoms with Crippen molar-refractivity contribution in [3.8, 4) is 17.2 Å². The van der Waals surface area contributed by atoms with Gasteiger partial charge in [-0.1, -0.05) is 30.3 Å². The predicted octanol–water partition coefficient (Wildman–Crippen LogP) is 2.75. The number of fused-ring (bicyclic) bond motifs is 1. The van der Waals surface area contributed by atoms with Crippen LogP contribution in [0.1, 0.15) is 30.3 Å². The molecule has 0 aliphatic heterocycles. The van der Waals surface area contributed by atoms with Gasteiger partial charge in [0.15, 0.2) is 5.82 Å². The Morgan fingerprint density at radius 3 is 2.60 bits per heavy atom. The SMILES string of the molecule is N[C@H](c1cccc(-c2nn(-c3cccc(CO)n3)c3ccccc23)n1)C1CC(O)C1. The van der Waals surface area contributed by atoms with Crippen LogP contribution >= 0.6 is 0 Å². The lowest BCUT2D eigenvalue weighted by Gasteiger charge is -2.35. The fourth-order valence-corrected chi connectivity index (χ4v) is 4.04. The van der Waals surface area contributed by atoms with Crippen LogP contribution in [0.15, 0.2) is 60.7 Å². The summed E-state index contributed by atoms with van der Waals surface area (Å²) in [5.41, 5.74) is 10.2. The van der Waals surface area contributed by atoms with Gasteiger partial charge < -0.3 is 15.9 Å². The Hall–Kier alpha value is -3.13. The first-order valence-electron chi connectivity index (χ1n) is 10.1. The van der Waals surface area contributed by atoms with E-state index < -0.39 is 0 Å². The first kappa shape index (κ1) is 18.9. The number of aromatic nitrogens is 4. The van der Waals surface area contributed by atoms with E-state index in [0.29, 0.717) is 11.5 Å². The normalized spacial score (nSPS) is 19.6. The summed E-state index contributed by atoms with van der Waals surface area (Å²) in [6.45, 7) is -0.128. The van der Waals surface area contributed by atoms with E-state index in [2.05, 4.69) is 4.98 Å². The maximum atomic E-state index is 9.60. The maximum Gasteiger partial charge on any atom is 0.154 e. The summed E-state index contributed by atoms with van der Waals surface area (Å²) in [6, 6.07) is 19.1. The highest BCUT2D eigenvalue weighted by Crippen LogP contribution is 2.37. The summed E-state index contributed by atoms with van der Waals surface area (Å²) >= 11 is 0. The molecule has 3 aromatic heterocycles. The van der Waals surface area contributed by atoms with Gasteiger partial charge in [0.1, 0.15) is 5.69 Å². The molecule has 0 bridgehead atoms. The number of benzene rings is 1. The van der Waals surface area contributed by atoms with Crippen molar-refractivity contribution in [1.82, 2.24) is 19.7 Å². The third-order valence-corrected chi connectivity index (χ3v) is 5.77. The Bertz CT molecular complexity index is 1200. The van der Waals surface area contributed by atoms with E-state index in [1.54, 1.807) is 10.7 Å². The molecule has 1 atom stereocenters. The molecule has 1 saturated carbocycles. The third-order valence-electron chi connectivity index (χ3n) is 5.77. The molecule has 7 nitrogen and oxygen atoms in total. The zero-order valence-corrected chi connectivity index (χ0v) is 16.4. The second-order valence-electron chi connectivity index (χ2n) is 7.78. The van der Waals surface area contributed by atoms with Gasteiger partial charge in [0.05, 0.1) is 41.4 Å². The molecule has 152 valence electrons. The summed E-state index contributed by atoms with van der Waals surface area (Å²) in [6.07, 6.45) is 1.20. The first-order valence-corrected chi connectivity index (χ1v) is 10.1. The standard InChI is InChI=1S/C23H23N5O2/c24-22(14-11-16(30)12-14)18-7-4-8-19(26-18)23-17-6-1-2-9-20(17)28(27-23)21-10-3-5-15(13-29)25-21/h1-10,14,16,22,29-30H,11-13,24H2/t14?,16?,22-/m0/s1. The Morgan fingerprint density at radius 2 is 1.80 bits per heavy atom. The molecule has 4 aromatic rings. The van der Waals surface area contributed by atoms with Crippen LogP contribution < -0.4 is 5.73 Å². The largest absolute Gasteiger partial charge is 0.393 e. The van der Waals surface area contributed by atoms with Gasteiger partial charge in [0.2, 0.25) is 0 Å². The van der Waals surface area contributed by atoms with Crippen molar-refractivity contribution in [3.63, 3.8) is 0 Å². The van der Waals surface area contributed by atoms with Crippen LogP contribution in [0.2, 0.25) is 0 Å². The van der Waals surface area contributed by atoms with Gasteiger partial charge in [-0.05, 0) is 49.1 Å². The van der Waals surface area contributed by atoms with Crippen molar-refractivity contribution in [2.75, 3.05) is 0 Å². The average Bonchev–Trinajstić information content (AvgIpc) is 3.16. The van der Waals surface area contributed by atoms with E-state index in [0.717, 1.165) is 40.8 Å². The molecule has 5 rings (SSSR count). The number of aliphatic hydroxyl groups excluding tert-OH is 2. The number of nitrogens with zero attached hydrogens (tertiary/aromatic N) is 4. The Morgan fingerprint density at radius 1 is 1.00 bits per heavy atom. The average molecular weight is 401 g/mol. The second kappa shape index (κ2) is 7.60. The van der Waals surface area contributed by atoms with Crippen molar-refractivity contribution in [2.45, 2.75) is 31.6 Å². The molecule has 1 aliphatic rings. The fraction of sp³-hybridized carbons (Fsp3) is 0.261. The minimum atomic E-state index is -0.244. The van der Waals surface area contributed by atoms with Crippen LogP contribution in [-0.2, 0) is 6.61 Å². The molecule has 0 saturated heterocycles. The zero-order valence-electron chi connectivity index (χ0n) is 16.4. The number of hydrogen-bond acceptors (Lipinski definition) is 6. The molecule has 0 spiro atoms. The minimum Gasteiger partial charge on any atom is -0.393 e. The summed E-state index contributed by atoms with van der Waals surface area (Å²) in [5.74, 6) is 0.891. The number of pyridine rings is 2. The summed E-state index contributed by atoms with van der Waals surface area (Å²) in [7, 11) is 0. The smallest absolute Gasteiger partial charge is 0.154 e. The van der Waals surface area contributed by atoms with Crippen molar-refractivity contribution in [1.29, 1.82) is 0 Å². The highest BCUT2D eigenvalue weighted by Gasteiger charge is 2.33. The molecule has 0 unspecified atom stereocenters. The van der Waals surface area contributed by atoms with Gasteiger partial charge in [-0.15, -0.1) is 0 Å². The van der Waals surface area contributed by atoms with Gasteiger partial charge in [0, 0.05) is 5.39 Å². The van der Waals surface area contributed by atoms with E-state index in [1.165, 1.54) is 0 Å². The van der Waals surface area contributed by atoms with Crippen molar-refractivity contribution >= 4 is 10.9 Å². The lowest BCUT2D eigenvalue weighted by atomic mass is 9.76. The monoisotopic (exact) mass is 401 g/mol. The van der Waals surface area contributed by atoms with Gasteiger partial charge in [-0.25, -0.2) is 14.6 Å². The molecule has 1 aromatic carbocycles. The van der Waals surface area contributed by atoms with E-state index in [1.807, 2.05) is 54.6 Å². The van der Waals surface area contributed by atoms with Gasteiger partial charge in [-0.2, -0.15) is 5.10 Å². The summed E-state index contributed by atoms with van der Waals surface area (Å²) in [5, 5.41) is 24.8. The summed E-state index contributed by atoms with van der Waals surface area (Å²) in [4.78, 5) is 9.32. The van der Waals surface area contributed by atoms with Crippen LogP contribution in [0.5, 0.6) is 0 Å². The molecule has 30 heavy (non-hydrogen) atoms. The van der Waals surface area contributed by atoms with E-state index >= 15 is 0 Å². The van der Waals surface area contributed by atoms with Crippen LogP contribution in [-0.4, -0.2) is 36.1 Å². The number of aliphatic hydroxyl groups is 2. The van der Waals surface area contributed by atoms with E-state index in [9.17, 15) is 10.2 Å². The zero-order chi connectivity index (χ0) is 20.7. The maximum absolute atomic E-state index is 9.60. The van der Waals surface area contributed by atoms with Crippen LogP contribution in [0.4, 0.5) is 0 Å². The van der Waals surface area contributed by atoms with Crippen LogP contribution in [0.3, 0.4) is 0 Å². The lowest BCUT2D eigenvalue weighted by molar-refractivity contribution is 0.0302. The molecular weight excluding hydrogens is 378 g/mol. The van der Waals surface area contributed by atoms with Crippen molar-refractivity contribution in [2.24, 2.45) is 11.7 Å². The second-order valence-corrected chi connectivity index (χ2v) is 7.78. The Balaban J connectivity index is 1.59. The number of rotatable bonds is 5. The van der Waals surface area contributed by atoms with Crippen LogP contribution in [0, 0.1) is 5.92 Å².